The minimum Gasteiger partial charge on any atom is -0.497 e. The molecule has 4 rings (SSSR count). The molecule has 2 amide bonds. The van der Waals surface area contributed by atoms with Crippen LogP contribution in [-0.2, 0) is 17.1 Å². The van der Waals surface area contributed by atoms with Crippen LogP contribution in [0.3, 0.4) is 0 Å². The van der Waals surface area contributed by atoms with Crippen molar-refractivity contribution in [1.29, 1.82) is 0 Å². The van der Waals surface area contributed by atoms with Gasteiger partial charge in [-0.2, -0.15) is 11.8 Å². The Kier molecular flexibility index (Phi) is 7.59. The number of thioether (sulfide) groups is 1. The second kappa shape index (κ2) is 10.8. The van der Waals surface area contributed by atoms with Gasteiger partial charge < -0.3 is 20.7 Å². The fourth-order valence-corrected chi connectivity index (χ4v) is 4.83. The number of fused-ring (bicyclic) bond motifs is 1. The third kappa shape index (κ3) is 5.81. The van der Waals surface area contributed by atoms with E-state index in [9.17, 15) is 14.0 Å². The SMILES string of the molecule is COc1ccc(CNC(=O)c2ccc3c(c2)NC(=O)C(CSCc2ccc(F)cc2Cl)N3)cc1. The van der Waals surface area contributed by atoms with Gasteiger partial charge in [-0.1, -0.05) is 29.8 Å². The van der Waals surface area contributed by atoms with Crippen molar-refractivity contribution in [1.82, 2.24) is 5.32 Å². The number of carbonyl (C=O) groups excluding carboxylic acids is 2. The van der Waals surface area contributed by atoms with Gasteiger partial charge in [0.2, 0.25) is 5.91 Å². The molecule has 0 saturated carbocycles. The summed E-state index contributed by atoms with van der Waals surface area (Å²) in [5.74, 6) is 1.03. The molecule has 0 radical (unpaired) electrons. The highest BCUT2D eigenvalue weighted by molar-refractivity contribution is 7.98. The van der Waals surface area contributed by atoms with E-state index in [-0.39, 0.29) is 17.6 Å². The third-order valence-electron chi connectivity index (χ3n) is 5.36. The lowest BCUT2D eigenvalue weighted by atomic mass is 10.1. The first-order valence-electron chi connectivity index (χ1n) is 10.6. The Labute approximate surface area is 206 Å². The van der Waals surface area contributed by atoms with E-state index in [4.69, 9.17) is 16.3 Å². The van der Waals surface area contributed by atoms with Crippen LogP contribution < -0.4 is 20.7 Å². The topological polar surface area (TPSA) is 79.5 Å². The van der Waals surface area contributed by atoms with Crippen molar-refractivity contribution in [2.75, 3.05) is 23.5 Å². The maximum atomic E-state index is 13.2. The zero-order valence-corrected chi connectivity index (χ0v) is 19.9. The maximum Gasteiger partial charge on any atom is 0.251 e. The van der Waals surface area contributed by atoms with Crippen molar-refractivity contribution in [3.63, 3.8) is 0 Å². The number of anilines is 2. The minimum atomic E-state index is -0.438. The Morgan fingerprint density at radius 1 is 1.12 bits per heavy atom. The van der Waals surface area contributed by atoms with Gasteiger partial charge in [0.15, 0.2) is 0 Å². The van der Waals surface area contributed by atoms with Crippen molar-refractivity contribution in [2.45, 2.75) is 18.3 Å². The lowest BCUT2D eigenvalue weighted by molar-refractivity contribution is -0.116. The van der Waals surface area contributed by atoms with Gasteiger partial charge in [-0.15, -0.1) is 0 Å². The molecule has 0 spiro atoms. The van der Waals surface area contributed by atoms with Gasteiger partial charge in [0.1, 0.15) is 17.6 Å². The fraction of sp³-hybridized carbons (Fsp3) is 0.200. The van der Waals surface area contributed by atoms with E-state index in [0.29, 0.717) is 34.3 Å². The average molecular weight is 500 g/mol. The molecule has 1 unspecified atom stereocenters. The molecule has 0 aliphatic carbocycles. The van der Waals surface area contributed by atoms with E-state index < -0.39 is 6.04 Å². The molecule has 1 atom stereocenters. The minimum absolute atomic E-state index is 0.180. The first-order chi connectivity index (χ1) is 16.4. The standard InChI is InChI=1S/C25H23ClFN3O3S/c1-33-19-7-2-15(3-8-19)12-28-24(31)16-5-9-21-22(10-16)30-25(32)23(29-21)14-34-13-17-4-6-18(27)11-20(17)26/h2-11,23,29H,12-14H2,1H3,(H,28,31)(H,30,32). The van der Waals surface area contributed by atoms with E-state index in [1.165, 1.54) is 23.9 Å². The second-order valence-corrected chi connectivity index (χ2v) is 9.17. The normalized spacial score (nSPS) is 14.6. The van der Waals surface area contributed by atoms with Crippen molar-refractivity contribution in [2.24, 2.45) is 0 Å². The lowest BCUT2D eigenvalue weighted by Gasteiger charge is -2.27. The summed E-state index contributed by atoms with van der Waals surface area (Å²) in [6.07, 6.45) is 0. The molecule has 176 valence electrons. The number of benzene rings is 3. The summed E-state index contributed by atoms with van der Waals surface area (Å²) in [4.78, 5) is 25.2. The molecule has 0 aromatic heterocycles. The van der Waals surface area contributed by atoms with Gasteiger partial charge >= 0.3 is 0 Å². The molecule has 1 heterocycles. The molecule has 34 heavy (non-hydrogen) atoms. The van der Waals surface area contributed by atoms with Crippen LogP contribution in [0.4, 0.5) is 15.8 Å². The smallest absolute Gasteiger partial charge is 0.251 e. The number of halogens is 2. The van der Waals surface area contributed by atoms with Crippen molar-refractivity contribution >= 4 is 46.6 Å². The van der Waals surface area contributed by atoms with E-state index in [2.05, 4.69) is 16.0 Å². The van der Waals surface area contributed by atoms with E-state index >= 15 is 0 Å². The van der Waals surface area contributed by atoms with Crippen LogP contribution in [0.5, 0.6) is 5.75 Å². The van der Waals surface area contributed by atoms with Crippen LogP contribution in [-0.4, -0.2) is 30.7 Å². The monoisotopic (exact) mass is 499 g/mol. The molecule has 0 bridgehead atoms. The molecular weight excluding hydrogens is 477 g/mol. The molecule has 3 N–H and O–H groups in total. The van der Waals surface area contributed by atoms with Gasteiger partial charge in [-0.25, -0.2) is 4.39 Å². The summed E-state index contributed by atoms with van der Waals surface area (Å²) >= 11 is 7.59. The molecule has 6 nitrogen and oxygen atoms in total. The summed E-state index contributed by atoms with van der Waals surface area (Å²) in [6.45, 7) is 0.377. The Morgan fingerprint density at radius 2 is 1.91 bits per heavy atom. The largest absolute Gasteiger partial charge is 0.497 e. The van der Waals surface area contributed by atoms with Crippen molar-refractivity contribution in [3.8, 4) is 5.75 Å². The van der Waals surface area contributed by atoms with Crippen molar-refractivity contribution < 1.29 is 18.7 Å². The molecule has 3 aromatic carbocycles. The van der Waals surface area contributed by atoms with E-state index in [0.717, 1.165) is 22.6 Å². The molecule has 1 aliphatic rings. The summed E-state index contributed by atoms with van der Waals surface area (Å²) in [6, 6.07) is 16.5. The summed E-state index contributed by atoms with van der Waals surface area (Å²) in [7, 11) is 1.60. The number of nitrogens with one attached hydrogen (secondary N) is 3. The molecular formula is C25H23ClFN3O3S. The Balaban J connectivity index is 1.32. The first-order valence-corrected chi connectivity index (χ1v) is 12.1. The quantitative estimate of drug-likeness (QED) is 0.402. The number of hydrogen-bond donors (Lipinski definition) is 3. The molecule has 1 aliphatic heterocycles. The van der Waals surface area contributed by atoms with Gasteiger partial charge in [-0.05, 0) is 53.6 Å². The lowest BCUT2D eigenvalue weighted by Crippen LogP contribution is -2.40. The van der Waals surface area contributed by atoms with Gasteiger partial charge in [0, 0.05) is 28.6 Å². The van der Waals surface area contributed by atoms with Gasteiger partial charge in [0.05, 0.1) is 18.5 Å². The van der Waals surface area contributed by atoms with Crippen molar-refractivity contribution in [3.05, 3.63) is 88.2 Å². The van der Waals surface area contributed by atoms with E-state index in [1.807, 2.05) is 24.3 Å². The Bertz CT molecular complexity index is 1210. The summed E-state index contributed by atoms with van der Waals surface area (Å²) in [5.41, 5.74) is 3.52. The zero-order valence-electron chi connectivity index (χ0n) is 18.4. The molecule has 0 fully saturated rings. The third-order valence-corrected chi connectivity index (χ3v) is 6.79. The molecule has 0 saturated heterocycles. The van der Waals surface area contributed by atoms with Crippen LogP contribution in [0.2, 0.25) is 5.02 Å². The van der Waals surface area contributed by atoms with Gasteiger partial charge in [0.25, 0.3) is 5.91 Å². The van der Waals surface area contributed by atoms with Crippen LogP contribution in [0.1, 0.15) is 21.5 Å². The number of methoxy groups -OCH3 is 1. The number of amides is 2. The fourth-order valence-electron chi connectivity index (χ4n) is 3.46. The molecule has 9 heteroatoms. The summed E-state index contributed by atoms with van der Waals surface area (Å²) < 4.78 is 18.3. The highest BCUT2D eigenvalue weighted by atomic mass is 35.5. The Hall–Kier alpha value is -3.23. The zero-order chi connectivity index (χ0) is 24.1. The predicted molar refractivity (Wildman–Crippen MR) is 134 cm³/mol. The maximum absolute atomic E-state index is 13.2. The molecule has 3 aromatic rings. The van der Waals surface area contributed by atoms with Gasteiger partial charge in [-0.3, -0.25) is 9.59 Å². The Morgan fingerprint density at radius 3 is 2.65 bits per heavy atom. The van der Waals surface area contributed by atoms with Crippen LogP contribution in [0, 0.1) is 5.82 Å². The van der Waals surface area contributed by atoms with Crippen LogP contribution >= 0.6 is 23.4 Å². The van der Waals surface area contributed by atoms with Crippen LogP contribution in [0.15, 0.2) is 60.7 Å². The van der Waals surface area contributed by atoms with Crippen LogP contribution in [0.25, 0.3) is 0 Å². The predicted octanol–water partition coefficient (Wildman–Crippen LogP) is 5.08. The number of ether oxygens (including phenoxy) is 1. The van der Waals surface area contributed by atoms with E-state index in [1.54, 1.807) is 31.4 Å². The second-order valence-electron chi connectivity index (χ2n) is 7.73. The highest BCUT2D eigenvalue weighted by Gasteiger charge is 2.26. The number of hydrogen-bond acceptors (Lipinski definition) is 5. The first kappa shape index (κ1) is 23.9. The average Bonchev–Trinajstić information content (AvgIpc) is 2.84. The number of rotatable bonds is 8. The highest BCUT2D eigenvalue weighted by Crippen LogP contribution is 2.30. The summed E-state index contributed by atoms with van der Waals surface area (Å²) in [5, 5.41) is 9.35. The number of carbonyl (C=O) groups is 2.